The lowest BCUT2D eigenvalue weighted by Crippen LogP contribution is -2.12. The molecule has 0 atom stereocenters. The smallest absolute Gasteiger partial charge is 0.164 e. The fraction of sp³-hybridized carbons (Fsp3) is 0.500. The van der Waals surface area contributed by atoms with E-state index in [1.807, 2.05) is 0 Å². The lowest BCUT2D eigenvalue weighted by Gasteiger charge is -2.20. The van der Waals surface area contributed by atoms with Gasteiger partial charge in [-0.25, -0.2) is 0 Å². The van der Waals surface area contributed by atoms with Crippen LogP contribution in [0.15, 0.2) is 18.2 Å². The molecule has 17 heavy (non-hydrogen) atoms. The largest absolute Gasteiger partial charge is 0.294 e. The molecule has 0 unspecified atom stereocenters. The SMILES string of the molecule is O=C(CC1CCCCC1)c1cc(Cl)ccc1Cl. The van der Waals surface area contributed by atoms with Crippen molar-refractivity contribution < 1.29 is 4.79 Å². The van der Waals surface area contributed by atoms with Crippen LogP contribution in [0.5, 0.6) is 0 Å². The Morgan fingerprint density at radius 1 is 1.18 bits per heavy atom. The highest BCUT2D eigenvalue weighted by Gasteiger charge is 2.19. The predicted molar refractivity (Wildman–Crippen MR) is 72.0 cm³/mol. The third-order valence-electron chi connectivity index (χ3n) is 3.43. The number of carbonyl (C=O) groups is 1. The Kier molecular flexibility index (Phi) is 4.47. The Morgan fingerprint density at radius 2 is 1.88 bits per heavy atom. The molecule has 0 aromatic heterocycles. The van der Waals surface area contributed by atoms with Gasteiger partial charge in [-0.05, 0) is 24.1 Å². The second-order valence-electron chi connectivity index (χ2n) is 4.76. The number of carbonyl (C=O) groups excluding carboxylic acids is 1. The lowest BCUT2D eigenvalue weighted by molar-refractivity contribution is 0.0950. The second-order valence-corrected chi connectivity index (χ2v) is 5.60. The first-order chi connectivity index (χ1) is 8.16. The summed E-state index contributed by atoms with van der Waals surface area (Å²) in [5, 5.41) is 1.08. The summed E-state index contributed by atoms with van der Waals surface area (Å²) in [6.07, 6.45) is 6.76. The van der Waals surface area contributed by atoms with Crippen molar-refractivity contribution >= 4 is 29.0 Å². The molecule has 2 rings (SSSR count). The van der Waals surface area contributed by atoms with Gasteiger partial charge in [0.2, 0.25) is 0 Å². The van der Waals surface area contributed by atoms with Crippen molar-refractivity contribution in [1.29, 1.82) is 0 Å². The van der Waals surface area contributed by atoms with Gasteiger partial charge < -0.3 is 0 Å². The van der Waals surface area contributed by atoms with Gasteiger partial charge in [0, 0.05) is 17.0 Å². The maximum Gasteiger partial charge on any atom is 0.164 e. The third-order valence-corrected chi connectivity index (χ3v) is 3.99. The van der Waals surface area contributed by atoms with Gasteiger partial charge in [0.25, 0.3) is 0 Å². The topological polar surface area (TPSA) is 17.1 Å². The molecule has 0 bridgehead atoms. The molecular formula is C14H16Cl2O. The van der Waals surface area contributed by atoms with Crippen molar-refractivity contribution in [2.75, 3.05) is 0 Å². The molecule has 1 nitrogen and oxygen atoms in total. The Balaban J connectivity index is 2.05. The monoisotopic (exact) mass is 270 g/mol. The minimum atomic E-state index is 0.129. The number of rotatable bonds is 3. The first-order valence-corrected chi connectivity index (χ1v) is 6.90. The Bertz CT molecular complexity index is 409. The van der Waals surface area contributed by atoms with Crippen LogP contribution in [0.25, 0.3) is 0 Å². The normalized spacial score (nSPS) is 17.1. The van der Waals surface area contributed by atoms with Crippen LogP contribution in [0, 0.1) is 5.92 Å². The molecule has 0 aliphatic heterocycles. The number of Topliss-reactive ketones (excluding diaryl/α,β-unsaturated/α-hetero) is 1. The van der Waals surface area contributed by atoms with Crippen LogP contribution >= 0.6 is 23.2 Å². The van der Waals surface area contributed by atoms with E-state index in [2.05, 4.69) is 0 Å². The van der Waals surface area contributed by atoms with Crippen molar-refractivity contribution in [1.82, 2.24) is 0 Å². The summed E-state index contributed by atoms with van der Waals surface area (Å²) in [5.74, 6) is 0.663. The maximum atomic E-state index is 12.1. The molecule has 1 aliphatic carbocycles. The van der Waals surface area contributed by atoms with Crippen molar-refractivity contribution in [3.8, 4) is 0 Å². The van der Waals surface area contributed by atoms with E-state index in [0.717, 1.165) is 0 Å². The summed E-state index contributed by atoms with van der Waals surface area (Å²) >= 11 is 11.9. The Labute approximate surface area is 112 Å². The van der Waals surface area contributed by atoms with Gasteiger partial charge in [0.05, 0.1) is 5.02 Å². The summed E-state index contributed by atoms with van der Waals surface area (Å²) in [6, 6.07) is 5.08. The van der Waals surface area contributed by atoms with Gasteiger partial charge in [0.15, 0.2) is 5.78 Å². The lowest BCUT2D eigenvalue weighted by atomic mass is 9.85. The highest BCUT2D eigenvalue weighted by atomic mass is 35.5. The van der Waals surface area contributed by atoms with Gasteiger partial charge in [-0.2, -0.15) is 0 Å². The summed E-state index contributed by atoms with van der Waals surface area (Å²) < 4.78 is 0. The molecule has 0 heterocycles. The molecule has 92 valence electrons. The molecule has 1 fully saturated rings. The first-order valence-electron chi connectivity index (χ1n) is 6.15. The Hall–Kier alpha value is -0.530. The number of hydrogen-bond donors (Lipinski definition) is 0. The molecule has 1 aromatic rings. The summed E-state index contributed by atoms with van der Waals surface area (Å²) in [4.78, 5) is 12.1. The van der Waals surface area contributed by atoms with Crippen molar-refractivity contribution in [3.63, 3.8) is 0 Å². The molecule has 1 aromatic carbocycles. The number of benzene rings is 1. The van der Waals surface area contributed by atoms with E-state index < -0.39 is 0 Å². The minimum absolute atomic E-state index is 0.129. The second kappa shape index (κ2) is 5.88. The average Bonchev–Trinajstić information content (AvgIpc) is 2.33. The minimum Gasteiger partial charge on any atom is -0.294 e. The molecule has 3 heteroatoms. The molecular weight excluding hydrogens is 255 g/mol. The van der Waals surface area contributed by atoms with Crippen molar-refractivity contribution in [2.24, 2.45) is 5.92 Å². The van der Waals surface area contributed by atoms with E-state index in [1.54, 1.807) is 18.2 Å². The van der Waals surface area contributed by atoms with E-state index in [1.165, 1.54) is 32.1 Å². The maximum absolute atomic E-state index is 12.1. The molecule has 0 amide bonds. The van der Waals surface area contributed by atoms with Gasteiger partial charge in [-0.1, -0.05) is 55.3 Å². The zero-order valence-corrected chi connectivity index (χ0v) is 11.2. The highest BCUT2D eigenvalue weighted by molar-refractivity contribution is 6.35. The van der Waals surface area contributed by atoms with E-state index in [0.29, 0.717) is 27.9 Å². The van der Waals surface area contributed by atoms with Crippen LogP contribution in [0.2, 0.25) is 10.0 Å². The zero-order valence-electron chi connectivity index (χ0n) is 9.72. The van der Waals surface area contributed by atoms with Crippen LogP contribution in [0.4, 0.5) is 0 Å². The first kappa shape index (κ1) is 12.9. The quantitative estimate of drug-likeness (QED) is 0.695. The molecule has 1 aliphatic rings. The van der Waals surface area contributed by atoms with Crippen molar-refractivity contribution in [3.05, 3.63) is 33.8 Å². The van der Waals surface area contributed by atoms with Gasteiger partial charge in [0.1, 0.15) is 0 Å². The molecule has 0 radical (unpaired) electrons. The highest BCUT2D eigenvalue weighted by Crippen LogP contribution is 2.29. The number of ketones is 1. The number of halogens is 2. The van der Waals surface area contributed by atoms with Crippen LogP contribution in [-0.4, -0.2) is 5.78 Å². The summed E-state index contributed by atoms with van der Waals surface area (Å²) in [7, 11) is 0. The molecule has 0 N–H and O–H groups in total. The standard InChI is InChI=1S/C14H16Cl2O/c15-11-6-7-13(16)12(9-11)14(17)8-10-4-2-1-3-5-10/h6-7,9-10H,1-5,8H2. The molecule has 0 spiro atoms. The van der Waals surface area contributed by atoms with Crippen LogP contribution in [0.1, 0.15) is 48.9 Å². The van der Waals surface area contributed by atoms with E-state index in [-0.39, 0.29) is 5.78 Å². The van der Waals surface area contributed by atoms with Gasteiger partial charge in [-0.15, -0.1) is 0 Å². The summed E-state index contributed by atoms with van der Waals surface area (Å²) in [6.45, 7) is 0. The van der Waals surface area contributed by atoms with Gasteiger partial charge >= 0.3 is 0 Å². The van der Waals surface area contributed by atoms with Gasteiger partial charge in [-0.3, -0.25) is 4.79 Å². The summed E-state index contributed by atoms with van der Waals surface area (Å²) in [5.41, 5.74) is 0.574. The number of hydrogen-bond acceptors (Lipinski definition) is 1. The average molecular weight is 271 g/mol. The molecule has 1 saturated carbocycles. The fourth-order valence-corrected chi connectivity index (χ4v) is 2.87. The van der Waals surface area contributed by atoms with E-state index >= 15 is 0 Å². The van der Waals surface area contributed by atoms with Crippen molar-refractivity contribution in [2.45, 2.75) is 38.5 Å². The van der Waals surface area contributed by atoms with Crippen LogP contribution in [-0.2, 0) is 0 Å². The van der Waals surface area contributed by atoms with Crippen LogP contribution in [0.3, 0.4) is 0 Å². The fourth-order valence-electron chi connectivity index (χ4n) is 2.47. The van der Waals surface area contributed by atoms with E-state index in [4.69, 9.17) is 23.2 Å². The van der Waals surface area contributed by atoms with E-state index in [9.17, 15) is 4.79 Å². The van der Waals surface area contributed by atoms with Crippen LogP contribution < -0.4 is 0 Å². The molecule has 0 saturated heterocycles. The predicted octanol–water partition coefficient (Wildman–Crippen LogP) is 5.15. The zero-order chi connectivity index (χ0) is 12.3. The Morgan fingerprint density at radius 3 is 2.59 bits per heavy atom. The third kappa shape index (κ3) is 3.46.